The normalized spacial score (nSPS) is 11.5. The summed E-state index contributed by atoms with van der Waals surface area (Å²) >= 11 is 0. The number of amides is 1. The fourth-order valence-corrected chi connectivity index (χ4v) is 2.47. The van der Waals surface area contributed by atoms with Crippen LogP contribution in [0.15, 0.2) is 18.2 Å². The largest absolute Gasteiger partial charge is 0.497 e. The van der Waals surface area contributed by atoms with Gasteiger partial charge in [0.05, 0.1) is 23.9 Å². The van der Waals surface area contributed by atoms with Crippen LogP contribution in [0.5, 0.6) is 5.75 Å². The Kier molecular flexibility index (Phi) is 4.86. The summed E-state index contributed by atoms with van der Waals surface area (Å²) in [5, 5.41) is 6.65. The molecule has 1 heterocycles. The minimum atomic E-state index is -4.53. The van der Waals surface area contributed by atoms with Crippen molar-refractivity contribution in [3.05, 3.63) is 46.3 Å². The van der Waals surface area contributed by atoms with E-state index in [0.717, 1.165) is 6.07 Å². The molecule has 0 spiro atoms. The van der Waals surface area contributed by atoms with E-state index in [1.54, 1.807) is 25.6 Å². The number of nitrogens with one attached hydrogen (secondary N) is 1. The Balaban J connectivity index is 2.24. The molecule has 0 radical (unpaired) electrons. The number of hydrogen-bond donors (Lipinski definition) is 1. The molecule has 2 rings (SSSR count). The summed E-state index contributed by atoms with van der Waals surface area (Å²) < 4.78 is 45.9. The molecular formula is C16H18F3N3O2. The number of rotatable bonds is 4. The summed E-state index contributed by atoms with van der Waals surface area (Å²) in [5.41, 5.74) is 0.686. The first-order chi connectivity index (χ1) is 11.1. The van der Waals surface area contributed by atoms with Gasteiger partial charge in [0, 0.05) is 19.3 Å². The molecular weight excluding hydrogens is 323 g/mol. The van der Waals surface area contributed by atoms with Crippen LogP contribution >= 0.6 is 0 Å². The Morgan fingerprint density at radius 2 is 2.00 bits per heavy atom. The smallest absolute Gasteiger partial charge is 0.416 e. The van der Waals surface area contributed by atoms with Gasteiger partial charge >= 0.3 is 6.18 Å². The highest BCUT2D eigenvalue weighted by molar-refractivity contribution is 5.96. The molecule has 130 valence electrons. The second-order valence-electron chi connectivity index (χ2n) is 5.37. The van der Waals surface area contributed by atoms with Crippen molar-refractivity contribution in [3.63, 3.8) is 0 Å². The summed E-state index contributed by atoms with van der Waals surface area (Å²) in [6, 6.07) is 3.64. The van der Waals surface area contributed by atoms with E-state index in [1.807, 2.05) is 0 Å². The highest BCUT2D eigenvalue weighted by Gasteiger charge is 2.34. The molecule has 0 aliphatic carbocycles. The zero-order valence-corrected chi connectivity index (χ0v) is 13.8. The molecule has 5 nitrogen and oxygen atoms in total. The van der Waals surface area contributed by atoms with Gasteiger partial charge in [-0.1, -0.05) is 6.07 Å². The van der Waals surface area contributed by atoms with Crippen molar-refractivity contribution in [1.82, 2.24) is 15.1 Å². The lowest BCUT2D eigenvalue weighted by molar-refractivity contribution is -0.138. The van der Waals surface area contributed by atoms with Crippen LogP contribution in [0, 0.1) is 13.8 Å². The third-order valence-corrected chi connectivity index (χ3v) is 3.80. The van der Waals surface area contributed by atoms with Gasteiger partial charge in [0.25, 0.3) is 5.91 Å². The monoisotopic (exact) mass is 341 g/mol. The number of carbonyl (C=O) groups is 1. The topological polar surface area (TPSA) is 56.1 Å². The zero-order valence-electron chi connectivity index (χ0n) is 13.8. The van der Waals surface area contributed by atoms with Crippen LogP contribution in [0.3, 0.4) is 0 Å². The lowest BCUT2D eigenvalue weighted by Gasteiger charge is -2.15. The van der Waals surface area contributed by atoms with E-state index >= 15 is 0 Å². The van der Waals surface area contributed by atoms with E-state index in [4.69, 9.17) is 4.74 Å². The van der Waals surface area contributed by atoms with Crippen LogP contribution in [0.4, 0.5) is 13.2 Å². The predicted molar refractivity (Wildman–Crippen MR) is 81.8 cm³/mol. The number of benzene rings is 1. The Hall–Kier alpha value is -2.51. The SMILES string of the molecule is COc1ccc(CNC(=O)c2c(C)nn(C)c2C)c(C(F)(F)F)c1. The lowest BCUT2D eigenvalue weighted by Crippen LogP contribution is -2.25. The summed E-state index contributed by atoms with van der Waals surface area (Å²) in [6.45, 7) is 3.16. The molecule has 0 saturated carbocycles. The quantitative estimate of drug-likeness (QED) is 0.930. The molecule has 0 aliphatic rings. The molecule has 1 N–H and O–H groups in total. The van der Waals surface area contributed by atoms with Crippen molar-refractivity contribution < 1.29 is 22.7 Å². The number of hydrogen-bond acceptors (Lipinski definition) is 3. The van der Waals surface area contributed by atoms with Crippen LogP contribution in [-0.4, -0.2) is 22.8 Å². The van der Waals surface area contributed by atoms with Crippen molar-refractivity contribution in [2.24, 2.45) is 7.05 Å². The van der Waals surface area contributed by atoms with Gasteiger partial charge in [-0.25, -0.2) is 0 Å². The summed E-state index contributed by atoms with van der Waals surface area (Å²) in [4.78, 5) is 12.3. The number of ether oxygens (including phenoxy) is 1. The number of aromatic nitrogens is 2. The standard InChI is InChI=1S/C16H18F3N3O2/c1-9-14(10(2)22(3)21-9)15(23)20-8-11-5-6-12(24-4)7-13(11)16(17,18)19/h5-7H,8H2,1-4H3,(H,20,23). The molecule has 0 aliphatic heterocycles. The third kappa shape index (κ3) is 3.52. The fraction of sp³-hybridized carbons (Fsp3) is 0.375. The lowest BCUT2D eigenvalue weighted by atomic mass is 10.1. The number of aryl methyl sites for hydroxylation is 2. The molecule has 24 heavy (non-hydrogen) atoms. The third-order valence-electron chi connectivity index (χ3n) is 3.80. The molecule has 0 saturated heterocycles. The minimum Gasteiger partial charge on any atom is -0.497 e. The van der Waals surface area contributed by atoms with Crippen molar-refractivity contribution in [3.8, 4) is 5.75 Å². The van der Waals surface area contributed by atoms with Gasteiger partial charge < -0.3 is 10.1 Å². The Morgan fingerprint density at radius 1 is 1.33 bits per heavy atom. The van der Waals surface area contributed by atoms with Gasteiger partial charge in [0.1, 0.15) is 5.75 Å². The van der Waals surface area contributed by atoms with Crippen LogP contribution in [0.1, 0.15) is 32.9 Å². The second-order valence-corrected chi connectivity index (χ2v) is 5.37. The van der Waals surface area contributed by atoms with E-state index in [2.05, 4.69) is 10.4 Å². The molecule has 0 unspecified atom stereocenters. The maximum absolute atomic E-state index is 13.2. The van der Waals surface area contributed by atoms with E-state index in [-0.39, 0.29) is 17.9 Å². The Labute approximate surface area is 137 Å². The van der Waals surface area contributed by atoms with Gasteiger partial charge in [-0.2, -0.15) is 18.3 Å². The highest BCUT2D eigenvalue weighted by Crippen LogP contribution is 2.34. The van der Waals surface area contributed by atoms with Crippen molar-refractivity contribution in [2.75, 3.05) is 7.11 Å². The van der Waals surface area contributed by atoms with E-state index in [9.17, 15) is 18.0 Å². The highest BCUT2D eigenvalue weighted by atomic mass is 19.4. The van der Waals surface area contributed by atoms with Crippen LogP contribution in [0.25, 0.3) is 0 Å². The van der Waals surface area contributed by atoms with Gasteiger partial charge in [-0.05, 0) is 31.5 Å². The second kappa shape index (κ2) is 6.54. The van der Waals surface area contributed by atoms with Crippen molar-refractivity contribution >= 4 is 5.91 Å². The summed E-state index contributed by atoms with van der Waals surface area (Å²) in [6.07, 6.45) is -4.53. The molecule has 0 atom stereocenters. The summed E-state index contributed by atoms with van der Waals surface area (Å²) in [7, 11) is 3.00. The number of alkyl halides is 3. The number of methoxy groups -OCH3 is 1. The van der Waals surface area contributed by atoms with Crippen LogP contribution in [-0.2, 0) is 19.8 Å². The van der Waals surface area contributed by atoms with Gasteiger partial charge in [0.2, 0.25) is 0 Å². The molecule has 2 aromatic rings. The molecule has 1 amide bonds. The Morgan fingerprint density at radius 3 is 2.50 bits per heavy atom. The Bertz CT molecular complexity index is 767. The zero-order chi connectivity index (χ0) is 18.1. The predicted octanol–water partition coefficient (Wildman–Crippen LogP) is 2.99. The van der Waals surface area contributed by atoms with Gasteiger partial charge in [-0.3, -0.25) is 9.48 Å². The summed E-state index contributed by atoms with van der Waals surface area (Å²) in [5.74, 6) is -0.349. The first-order valence-corrected chi connectivity index (χ1v) is 7.17. The maximum atomic E-state index is 13.2. The molecule has 0 fully saturated rings. The molecule has 0 bridgehead atoms. The van der Waals surface area contributed by atoms with Crippen LogP contribution < -0.4 is 10.1 Å². The number of carbonyl (C=O) groups excluding carboxylic acids is 1. The van der Waals surface area contributed by atoms with E-state index < -0.39 is 17.6 Å². The average molecular weight is 341 g/mol. The fourth-order valence-electron chi connectivity index (χ4n) is 2.47. The van der Waals surface area contributed by atoms with Crippen molar-refractivity contribution in [1.29, 1.82) is 0 Å². The number of halogens is 3. The maximum Gasteiger partial charge on any atom is 0.416 e. The molecule has 1 aromatic carbocycles. The average Bonchev–Trinajstić information content (AvgIpc) is 2.76. The first kappa shape index (κ1) is 17.8. The van der Waals surface area contributed by atoms with E-state index in [1.165, 1.54) is 19.2 Å². The van der Waals surface area contributed by atoms with Crippen LogP contribution in [0.2, 0.25) is 0 Å². The van der Waals surface area contributed by atoms with Crippen molar-refractivity contribution in [2.45, 2.75) is 26.6 Å². The van der Waals surface area contributed by atoms with E-state index in [0.29, 0.717) is 17.0 Å². The van der Waals surface area contributed by atoms with Gasteiger partial charge in [-0.15, -0.1) is 0 Å². The number of nitrogens with zero attached hydrogens (tertiary/aromatic N) is 2. The first-order valence-electron chi connectivity index (χ1n) is 7.17. The molecule has 8 heteroatoms. The minimum absolute atomic E-state index is 0.0316. The molecule has 1 aromatic heterocycles. The van der Waals surface area contributed by atoms with Gasteiger partial charge in [0.15, 0.2) is 0 Å².